The van der Waals surface area contributed by atoms with Crippen molar-refractivity contribution in [3.8, 4) is 39.9 Å². The lowest BCUT2D eigenvalue weighted by molar-refractivity contribution is 0.0964. The molecule has 218 valence electrons. The van der Waals surface area contributed by atoms with Gasteiger partial charge in [0.15, 0.2) is 17.0 Å². The van der Waals surface area contributed by atoms with Crippen LogP contribution in [0.5, 0.6) is 5.88 Å². The molecule has 6 aromatic rings. The largest absolute Gasteiger partial charge is 0.479 e. The summed E-state index contributed by atoms with van der Waals surface area (Å²) >= 11 is 0. The highest BCUT2D eigenvalue weighted by molar-refractivity contribution is 7.92. The summed E-state index contributed by atoms with van der Waals surface area (Å²) in [7, 11) is 0.728. The van der Waals surface area contributed by atoms with Crippen molar-refractivity contribution >= 4 is 43.7 Å². The van der Waals surface area contributed by atoms with Crippen molar-refractivity contribution in [1.82, 2.24) is 20.3 Å². The Kier molecular flexibility index (Phi) is 6.85. The Bertz CT molecular complexity index is 2100. The van der Waals surface area contributed by atoms with Crippen molar-refractivity contribution in [2.75, 3.05) is 31.8 Å². The van der Waals surface area contributed by atoms with Gasteiger partial charge in [-0.05, 0) is 25.1 Å². The van der Waals surface area contributed by atoms with E-state index in [2.05, 4.69) is 15.3 Å². The third-order valence-corrected chi connectivity index (χ3v) is 8.33. The van der Waals surface area contributed by atoms with Crippen LogP contribution in [0.25, 0.3) is 56.1 Å². The number of carbonyl (C=O) groups is 1. The molecule has 6 rings (SSSR count). The standard InChI is InChI=1S/C31H27N5O6S/c1-17-8-10-18(11-9-17)29-27(30(37)32-2)20-13-19(23(15-25(20)42-29)36(3)43(5,38)39)22-16-34-31(40-4)28(35-22)26-14-21-24(41-26)7-6-12-33-21/h6-16H,1-5H3,(H,32,37). The van der Waals surface area contributed by atoms with Crippen molar-refractivity contribution in [3.63, 3.8) is 0 Å². The number of pyridine rings is 1. The van der Waals surface area contributed by atoms with E-state index in [0.29, 0.717) is 61.7 Å². The fourth-order valence-corrected chi connectivity index (χ4v) is 5.35. The molecule has 0 atom stereocenters. The van der Waals surface area contributed by atoms with Crippen molar-refractivity contribution in [1.29, 1.82) is 0 Å². The SMILES string of the molecule is CNC(=O)c1c(-c2ccc(C)cc2)oc2cc(N(C)S(C)(=O)=O)c(-c3cnc(OC)c(-c4cc5ncccc5o4)n3)cc12. The third-order valence-electron chi connectivity index (χ3n) is 7.14. The Morgan fingerprint density at radius 1 is 1.02 bits per heavy atom. The normalized spacial score (nSPS) is 11.7. The van der Waals surface area contributed by atoms with Crippen LogP contribution in [-0.2, 0) is 10.0 Å². The van der Waals surface area contributed by atoms with Gasteiger partial charge >= 0.3 is 0 Å². The summed E-state index contributed by atoms with van der Waals surface area (Å²) in [4.78, 5) is 26.8. The zero-order chi connectivity index (χ0) is 30.5. The second-order valence-electron chi connectivity index (χ2n) is 9.96. The number of fused-ring (bicyclic) bond motifs is 2. The minimum absolute atomic E-state index is 0.206. The number of anilines is 1. The molecule has 0 saturated heterocycles. The zero-order valence-electron chi connectivity index (χ0n) is 24.0. The van der Waals surface area contributed by atoms with Crippen LogP contribution in [0.4, 0.5) is 5.69 Å². The van der Waals surface area contributed by atoms with Gasteiger partial charge < -0.3 is 18.9 Å². The van der Waals surface area contributed by atoms with E-state index in [9.17, 15) is 13.2 Å². The number of methoxy groups -OCH3 is 1. The second-order valence-corrected chi connectivity index (χ2v) is 12.0. The molecule has 4 heterocycles. The van der Waals surface area contributed by atoms with Crippen LogP contribution in [0, 0.1) is 6.92 Å². The van der Waals surface area contributed by atoms with Crippen molar-refractivity contribution in [3.05, 3.63) is 78.1 Å². The van der Waals surface area contributed by atoms with Crippen LogP contribution < -0.4 is 14.4 Å². The summed E-state index contributed by atoms with van der Waals surface area (Å²) in [6, 6.07) is 16.1. The van der Waals surface area contributed by atoms with Gasteiger partial charge in [0.05, 0.1) is 36.5 Å². The lowest BCUT2D eigenvalue weighted by atomic mass is 10.0. The number of sulfonamides is 1. The molecule has 2 aromatic carbocycles. The number of aryl methyl sites for hydroxylation is 1. The monoisotopic (exact) mass is 597 g/mol. The summed E-state index contributed by atoms with van der Waals surface area (Å²) in [5, 5.41) is 3.17. The first-order chi connectivity index (χ1) is 20.6. The summed E-state index contributed by atoms with van der Waals surface area (Å²) in [6.07, 6.45) is 4.23. The van der Waals surface area contributed by atoms with Gasteiger partial charge in [-0.25, -0.2) is 18.4 Å². The summed E-state index contributed by atoms with van der Waals surface area (Å²) in [5.41, 5.74) is 4.86. The van der Waals surface area contributed by atoms with Crippen LogP contribution in [0.15, 0.2) is 75.8 Å². The van der Waals surface area contributed by atoms with Crippen LogP contribution in [0.1, 0.15) is 15.9 Å². The maximum absolute atomic E-state index is 13.2. The van der Waals surface area contributed by atoms with Gasteiger partial charge in [-0.2, -0.15) is 0 Å². The molecular formula is C31H27N5O6S. The maximum Gasteiger partial charge on any atom is 0.255 e. The molecule has 43 heavy (non-hydrogen) atoms. The summed E-state index contributed by atoms with van der Waals surface area (Å²) < 4.78 is 44.4. The van der Waals surface area contributed by atoms with Gasteiger partial charge in [0, 0.05) is 48.9 Å². The topological polar surface area (TPSA) is 141 Å². The van der Waals surface area contributed by atoms with Crippen molar-refractivity contribution < 1.29 is 26.8 Å². The number of hydrogen-bond acceptors (Lipinski definition) is 9. The minimum Gasteiger partial charge on any atom is -0.479 e. The van der Waals surface area contributed by atoms with Gasteiger partial charge in [0.1, 0.15) is 16.9 Å². The Balaban J connectivity index is 1.64. The molecule has 11 nitrogen and oxygen atoms in total. The smallest absolute Gasteiger partial charge is 0.255 e. The average molecular weight is 598 g/mol. The lowest BCUT2D eigenvalue weighted by Crippen LogP contribution is -2.25. The second kappa shape index (κ2) is 10.6. The number of hydrogen-bond donors (Lipinski definition) is 1. The molecule has 1 amide bonds. The minimum atomic E-state index is -3.72. The van der Waals surface area contributed by atoms with E-state index in [0.717, 1.165) is 16.1 Å². The molecule has 0 fully saturated rings. The number of furan rings is 2. The predicted molar refractivity (Wildman–Crippen MR) is 164 cm³/mol. The van der Waals surface area contributed by atoms with E-state index in [-0.39, 0.29) is 17.5 Å². The highest BCUT2D eigenvalue weighted by Gasteiger charge is 2.27. The molecule has 0 saturated carbocycles. The number of benzene rings is 2. The highest BCUT2D eigenvalue weighted by Crippen LogP contribution is 2.42. The first-order valence-corrected chi connectivity index (χ1v) is 15.0. The fraction of sp³-hybridized carbons (Fsp3) is 0.161. The van der Waals surface area contributed by atoms with E-state index >= 15 is 0 Å². The summed E-state index contributed by atoms with van der Waals surface area (Å²) in [5.74, 6) is 0.574. The van der Waals surface area contributed by atoms with Crippen LogP contribution in [-0.4, -0.2) is 56.7 Å². The Morgan fingerprint density at radius 2 is 1.79 bits per heavy atom. The third kappa shape index (κ3) is 4.95. The van der Waals surface area contributed by atoms with Crippen LogP contribution in [0.3, 0.4) is 0 Å². The summed E-state index contributed by atoms with van der Waals surface area (Å²) in [6.45, 7) is 1.97. The number of carbonyl (C=O) groups excluding carboxylic acids is 1. The molecule has 0 aliphatic carbocycles. The average Bonchev–Trinajstić information content (AvgIpc) is 3.61. The van der Waals surface area contributed by atoms with E-state index in [4.69, 9.17) is 18.6 Å². The molecule has 4 aromatic heterocycles. The molecule has 0 aliphatic heterocycles. The van der Waals surface area contributed by atoms with Crippen LogP contribution >= 0.6 is 0 Å². The van der Waals surface area contributed by atoms with Crippen LogP contribution in [0.2, 0.25) is 0 Å². The van der Waals surface area contributed by atoms with Gasteiger partial charge in [-0.3, -0.25) is 14.1 Å². The Labute approximate surface area is 247 Å². The zero-order valence-corrected chi connectivity index (χ0v) is 24.8. The van der Waals surface area contributed by atoms with Gasteiger partial charge in [-0.15, -0.1) is 0 Å². The Morgan fingerprint density at radius 3 is 2.47 bits per heavy atom. The predicted octanol–water partition coefficient (Wildman–Crippen LogP) is 5.44. The molecule has 0 bridgehead atoms. The van der Waals surface area contributed by atoms with E-state index in [1.807, 2.05) is 31.2 Å². The first kappa shape index (κ1) is 27.9. The molecule has 0 radical (unpaired) electrons. The number of nitrogens with zero attached hydrogens (tertiary/aromatic N) is 4. The number of nitrogens with one attached hydrogen (secondary N) is 1. The van der Waals surface area contributed by atoms with Crippen molar-refractivity contribution in [2.24, 2.45) is 0 Å². The fourth-order valence-electron chi connectivity index (χ4n) is 4.84. The molecule has 0 spiro atoms. The lowest BCUT2D eigenvalue weighted by Gasteiger charge is -2.20. The number of rotatable bonds is 7. The maximum atomic E-state index is 13.2. The molecule has 12 heteroatoms. The first-order valence-electron chi connectivity index (χ1n) is 13.2. The van der Waals surface area contributed by atoms with E-state index < -0.39 is 10.0 Å². The number of aromatic nitrogens is 3. The van der Waals surface area contributed by atoms with E-state index in [1.165, 1.54) is 27.4 Å². The van der Waals surface area contributed by atoms with Gasteiger partial charge in [0.2, 0.25) is 15.9 Å². The molecule has 0 aliphatic rings. The van der Waals surface area contributed by atoms with Crippen molar-refractivity contribution in [2.45, 2.75) is 6.92 Å². The molecular weight excluding hydrogens is 570 g/mol. The van der Waals surface area contributed by atoms with Gasteiger partial charge in [-0.1, -0.05) is 29.8 Å². The Hall–Kier alpha value is -5.23. The number of ether oxygens (including phenoxy) is 1. The quantitative estimate of drug-likeness (QED) is 0.255. The highest BCUT2D eigenvalue weighted by atomic mass is 32.2. The van der Waals surface area contributed by atoms with E-state index in [1.54, 1.807) is 36.5 Å². The molecule has 0 unspecified atom stereocenters. The number of amides is 1. The van der Waals surface area contributed by atoms with Gasteiger partial charge in [0.25, 0.3) is 5.91 Å². The molecule has 1 N–H and O–H groups in total.